The van der Waals surface area contributed by atoms with Gasteiger partial charge in [-0.2, -0.15) is 0 Å². The average molecular weight is 199 g/mol. The van der Waals surface area contributed by atoms with Gasteiger partial charge in [-0.3, -0.25) is 4.98 Å². The van der Waals surface area contributed by atoms with Crippen molar-refractivity contribution in [2.75, 3.05) is 0 Å². The first-order valence-electron chi connectivity index (χ1n) is 5.34. The minimum Gasteiger partial charge on any atom is -0.256 e. The summed E-state index contributed by atoms with van der Waals surface area (Å²) in [6, 6.07) is 8.73. The predicted octanol–water partition coefficient (Wildman–Crippen LogP) is 3.84. The van der Waals surface area contributed by atoms with E-state index in [1.165, 1.54) is 16.5 Å². The zero-order valence-electron chi connectivity index (χ0n) is 9.83. The van der Waals surface area contributed by atoms with Crippen molar-refractivity contribution in [3.8, 4) is 0 Å². The highest BCUT2D eigenvalue weighted by Crippen LogP contribution is 2.25. The second-order valence-corrected chi connectivity index (χ2v) is 5.17. The van der Waals surface area contributed by atoms with E-state index in [4.69, 9.17) is 0 Å². The van der Waals surface area contributed by atoms with Gasteiger partial charge in [-0.25, -0.2) is 0 Å². The Hall–Kier alpha value is -1.37. The quantitative estimate of drug-likeness (QED) is 0.628. The molecule has 0 N–H and O–H groups in total. The van der Waals surface area contributed by atoms with Crippen LogP contribution in [0.4, 0.5) is 0 Å². The Morgan fingerprint density at radius 2 is 1.80 bits per heavy atom. The molecule has 1 nitrogen and oxygen atoms in total. The molecule has 0 unspecified atom stereocenters. The van der Waals surface area contributed by atoms with E-state index in [0.717, 1.165) is 5.52 Å². The third-order valence-corrected chi connectivity index (χ3v) is 2.69. The molecular weight excluding hydrogens is 182 g/mol. The molecule has 15 heavy (non-hydrogen) atoms. The van der Waals surface area contributed by atoms with Gasteiger partial charge in [-0.15, -0.1) is 0 Å². The van der Waals surface area contributed by atoms with Gasteiger partial charge >= 0.3 is 0 Å². The molecule has 0 saturated carbocycles. The topological polar surface area (TPSA) is 12.9 Å². The van der Waals surface area contributed by atoms with Crippen molar-refractivity contribution in [3.05, 3.63) is 41.6 Å². The van der Waals surface area contributed by atoms with Crippen LogP contribution in [0.5, 0.6) is 0 Å². The maximum atomic E-state index is 4.45. The highest BCUT2D eigenvalue weighted by molar-refractivity contribution is 5.79. The summed E-state index contributed by atoms with van der Waals surface area (Å²) in [6.07, 6.45) is 1.93. The van der Waals surface area contributed by atoms with Crippen molar-refractivity contribution >= 4 is 10.9 Å². The van der Waals surface area contributed by atoms with Gasteiger partial charge in [0.1, 0.15) is 0 Å². The Balaban J connectivity index is 2.62. The molecule has 0 radical (unpaired) electrons. The molecule has 1 heteroatoms. The molecule has 2 rings (SSSR count). The van der Waals surface area contributed by atoms with Gasteiger partial charge in [0, 0.05) is 11.6 Å². The first kappa shape index (κ1) is 10.2. The molecule has 1 aromatic heterocycles. The molecule has 0 bridgehead atoms. The number of hydrogen-bond acceptors (Lipinski definition) is 1. The molecule has 0 fully saturated rings. The van der Waals surface area contributed by atoms with Gasteiger partial charge in [0.15, 0.2) is 0 Å². The number of hydrogen-bond donors (Lipinski definition) is 0. The van der Waals surface area contributed by atoms with Gasteiger partial charge in [0.05, 0.1) is 5.52 Å². The van der Waals surface area contributed by atoms with Crippen molar-refractivity contribution in [2.24, 2.45) is 0 Å². The highest BCUT2D eigenvalue weighted by atomic mass is 14.6. The molecule has 78 valence electrons. The summed E-state index contributed by atoms with van der Waals surface area (Å²) >= 11 is 0. The van der Waals surface area contributed by atoms with Gasteiger partial charge < -0.3 is 0 Å². The summed E-state index contributed by atoms with van der Waals surface area (Å²) in [5.74, 6) is 0. The number of benzene rings is 1. The smallest absolute Gasteiger partial charge is 0.0705 e. The lowest BCUT2D eigenvalue weighted by Crippen LogP contribution is -2.10. The number of pyridine rings is 1. The second kappa shape index (κ2) is 3.34. The van der Waals surface area contributed by atoms with Crippen LogP contribution in [0.2, 0.25) is 0 Å². The van der Waals surface area contributed by atoms with Crippen molar-refractivity contribution in [2.45, 2.75) is 33.1 Å². The summed E-state index contributed by atoms with van der Waals surface area (Å²) in [5, 5.41) is 1.23. The van der Waals surface area contributed by atoms with E-state index in [-0.39, 0.29) is 5.41 Å². The lowest BCUT2D eigenvalue weighted by atomic mass is 9.86. The van der Waals surface area contributed by atoms with Crippen LogP contribution in [-0.2, 0) is 5.41 Å². The van der Waals surface area contributed by atoms with E-state index >= 15 is 0 Å². The van der Waals surface area contributed by atoms with E-state index in [9.17, 15) is 0 Å². The molecule has 0 spiro atoms. The van der Waals surface area contributed by atoms with Crippen LogP contribution < -0.4 is 0 Å². The van der Waals surface area contributed by atoms with E-state index in [1.807, 2.05) is 6.20 Å². The zero-order chi connectivity index (χ0) is 11.1. The standard InChI is InChI=1S/C14H17N/c1-10-7-11-5-6-12(14(2,3)4)8-13(11)15-9-10/h5-9H,1-4H3. The van der Waals surface area contributed by atoms with Crippen molar-refractivity contribution < 1.29 is 0 Å². The molecule has 1 aromatic carbocycles. The third kappa shape index (κ3) is 2.01. The van der Waals surface area contributed by atoms with E-state index in [2.05, 4.69) is 56.9 Å². The van der Waals surface area contributed by atoms with E-state index < -0.39 is 0 Å². The lowest BCUT2D eigenvalue weighted by molar-refractivity contribution is 0.591. The van der Waals surface area contributed by atoms with Gasteiger partial charge in [-0.05, 0) is 35.6 Å². The first-order valence-corrected chi connectivity index (χ1v) is 5.34. The molecular formula is C14H17N. The lowest BCUT2D eigenvalue weighted by Gasteiger charge is -2.19. The fraction of sp³-hybridized carbons (Fsp3) is 0.357. The number of rotatable bonds is 0. The van der Waals surface area contributed by atoms with Crippen LogP contribution in [0.3, 0.4) is 0 Å². The number of fused-ring (bicyclic) bond motifs is 1. The fourth-order valence-corrected chi connectivity index (χ4v) is 1.70. The summed E-state index contributed by atoms with van der Waals surface area (Å²) in [7, 11) is 0. The van der Waals surface area contributed by atoms with Gasteiger partial charge in [0.25, 0.3) is 0 Å². The Labute approximate surface area is 91.2 Å². The largest absolute Gasteiger partial charge is 0.256 e. The summed E-state index contributed by atoms with van der Waals surface area (Å²) < 4.78 is 0. The molecule has 1 heterocycles. The van der Waals surface area contributed by atoms with Crippen LogP contribution in [0, 0.1) is 6.92 Å². The van der Waals surface area contributed by atoms with Crippen LogP contribution in [0.15, 0.2) is 30.5 Å². The second-order valence-electron chi connectivity index (χ2n) is 5.17. The van der Waals surface area contributed by atoms with E-state index in [1.54, 1.807) is 0 Å². The minimum absolute atomic E-state index is 0.195. The maximum absolute atomic E-state index is 4.45. The maximum Gasteiger partial charge on any atom is 0.0705 e. The summed E-state index contributed by atoms with van der Waals surface area (Å²) in [4.78, 5) is 4.45. The molecule has 0 aliphatic rings. The Kier molecular flexibility index (Phi) is 2.26. The predicted molar refractivity (Wildman–Crippen MR) is 65.2 cm³/mol. The van der Waals surface area contributed by atoms with Crippen LogP contribution in [0.1, 0.15) is 31.9 Å². The number of aryl methyl sites for hydroxylation is 1. The SMILES string of the molecule is Cc1cnc2cc(C(C)(C)C)ccc2c1. The number of nitrogens with zero attached hydrogens (tertiary/aromatic N) is 1. The number of aromatic nitrogens is 1. The van der Waals surface area contributed by atoms with E-state index in [0.29, 0.717) is 0 Å². The molecule has 2 aromatic rings. The Bertz CT molecular complexity index is 492. The van der Waals surface area contributed by atoms with Crippen LogP contribution in [-0.4, -0.2) is 4.98 Å². The summed E-state index contributed by atoms with van der Waals surface area (Å²) in [5.41, 5.74) is 3.84. The first-order chi connectivity index (χ1) is 6.97. The average Bonchev–Trinajstić information content (AvgIpc) is 2.15. The normalized spacial score (nSPS) is 12.0. The van der Waals surface area contributed by atoms with Gasteiger partial charge in [-0.1, -0.05) is 32.9 Å². The molecule has 0 saturated heterocycles. The Morgan fingerprint density at radius 1 is 1.07 bits per heavy atom. The molecule has 0 amide bonds. The molecule has 0 atom stereocenters. The van der Waals surface area contributed by atoms with Crippen LogP contribution >= 0.6 is 0 Å². The van der Waals surface area contributed by atoms with Crippen molar-refractivity contribution in [3.63, 3.8) is 0 Å². The fourth-order valence-electron chi connectivity index (χ4n) is 1.70. The van der Waals surface area contributed by atoms with Crippen molar-refractivity contribution in [1.82, 2.24) is 4.98 Å². The third-order valence-electron chi connectivity index (χ3n) is 2.69. The monoisotopic (exact) mass is 199 g/mol. The Morgan fingerprint density at radius 3 is 2.47 bits per heavy atom. The minimum atomic E-state index is 0.195. The van der Waals surface area contributed by atoms with Crippen molar-refractivity contribution in [1.29, 1.82) is 0 Å². The molecule has 0 aliphatic carbocycles. The highest BCUT2D eigenvalue weighted by Gasteiger charge is 2.13. The van der Waals surface area contributed by atoms with Crippen LogP contribution in [0.25, 0.3) is 10.9 Å². The van der Waals surface area contributed by atoms with Gasteiger partial charge in [0.2, 0.25) is 0 Å². The molecule has 0 aliphatic heterocycles. The summed E-state index contributed by atoms with van der Waals surface area (Å²) in [6.45, 7) is 8.75. The zero-order valence-corrected chi connectivity index (χ0v) is 9.83.